The Bertz CT molecular complexity index is 1380. The van der Waals surface area contributed by atoms with Crippen LogP contribution in [0.15, 0.2) is 72.8 Å². The van der Waals surface area contributed by atoms with Gasteiger partial charge in [-0.2, -0.15) is 5.10 Å². The first-order chi connectivity index (χ1) is 16.9. The molecule has 3 aromatic carbocycles. The first kappa shape index (κ1) is 23.7. The summed E-state index contributed by atoms with van der Waals surface area (Å²) in [5.74, 6) is -0.540. The third-order valence-corrected chi connectivity index (χ3v) is 5.27. The van der Waals surface area contributed by atoms with Crippen molar-refractivity contribution in [1.29, 1.82) is 0 Å². The number of methoxy groups -OCH3 is 1. The number of carbonyl (C=O) groups is 2. The highest BCUT2D eigenvalue weighted by atomic mass is 19.1. The largest absolute Gasteiger partial charge is 0.497 e. The van der Waals surface area contributed by atoms with Gasteiger partial charge in [0.05, 0.1) is 42.0 Å². The summed E-state index contributed by atoms with van der Waals surface area (Å²) in [6.45, 7) is 3.27. The number of carbonyl (C=O) groups excluding carboxylic acids is 2. The molecular weight excluding hydrogens is 449 g/mol. The number of aromatic nitrogens is 2. The quantitative estimate of drug-likeness (QED) is 0.359. The van der Waals surface area contributed by atoms with E-state index in [4.69, 9.17) is 14.6 Å². The highest BCUT2D eigenvalue weighted by Gasteiger charge is 2.18. The molecule has 0 bridgehead atoms. The summed E-state index contributed by atoms with van der Waals surface area (Å²) in [4.78, 5) is 24.2. The molecule has 1 heterocycles. The fourth-order valence-corrected chi connectivity index (χ4v) is 3.67. The highest BCUT2D eigenvalue weighted by molar-refractivity contribution is 6.01. The lowest BCUT2D eigenvalue weighted by Gasteiger charge is -2.10. The van der Waals surface area contributed by atoms with Crippen molar-refractivity contribution in [3.05, 3.63) is 84.2 Å². The van der Waals surface area contributed by atoms with E-state index in [1.807, 2.05) is 30.3 Å². The molecule has 0 fully saturated rings. The van der Waals surface area contributed by atoms with E-state index in [0.29, 0.717) is 28.4 Å². The predicted molar refractivity (Wildman–Crippen MR) is 131 cm³/mol. The molecule has 1 amide bonds. The maximum absolute atomic E-state index is 14.0. The summed E-state index contributed by atoms with van der Waals surface area (Å²) in [5.41, 5.74) is 3.85. The van der Waals surface area contributed by atoms with Crippen LogP contribution in [0, 0.1) is 5.82 Å². The van der Waals surface area contributed by atoms with Gasteiger partial charge in [-0.05, 0) is 67.6 Å². The Balaban J connectivity index is 1.86. The van der Waals surface area contributed by atoms with Gasteiger partial charge < -0.3 is 14.8 Å². The van der Waals surface area contributed by atoms with Crippen molar-refractivity contribution in [2.24, 2.45) is 0 Å². The molecule has 0 aliphatic heterocycles. The second-order valence-corrected chi connectivity index (χ2v) is 7.70. The Labute approximate surface area is 202 Å². The van der Waals surface area contributed by atoms with Crippen molar-refractivity contribution in [2.75, 3.05) is 19.0 Å². The second-order valence-electron chi connectivity index (χ2n) is 7.70. The Morgan fingerprint density at radius 2 is 1.74 bits per heavy atom. The zero-order valence-electron chi connectivity index (χ0n) is 19.5. The Kier molecular flexibility index (Phi) is 6.91. The average molecular weight is 474 g/mol. The van der Waals surface area contributed by atoms with Gasteiger partial charge in [0.15, 0.2) is 0 Å². The smallest absolute Gasteiger partial charge is 0.340 e. The lowest BCUT2D eigenvalue weighted by molar-refractivity contribution is -0.114. The van der Waals surface area contributed by atoms with Crippen molar-refractivity contribution >= 4 is 17.6 Å². The van der Waals surface area contributed by atoms with Gasteiger partial charge in [0.1, 0.15) is 11.6 Å². The van der Waals surface area contributed by atoms with Crippen LogP contribution in [0.5, 0.6) is 5.75 Å². The number of rotatable bonds is 7. The van der Waals surface area contributed by atoms with E-state index in [-0.39, 0.29) is 23.9 Å². The van der Waals surface area contributed by atoms with E-state index < -0.39 is 5.97 Å². The first-order valence-electron chi connectivity index (χ1n) is 11.0. The third kappa shape index (κ3) is 5.22. The van der Waals surface area contributed by atoms with Crippen LogP contribution >= 0.6 is 0 Å². The maximum atomic E-state index is 14.0. The van der Waals surface area contributed by atoms with E-state index in [2.05, 4.69) is 5.32 Å². The molecule has 0 spiro atoms. The summed E-state index contributed by atoms with van der Waals surface area (Å²) < 4.78 is 26.1. The number of esters is 1. The Morgan fingerprint density at radius 1 is 1.00 bits per heavy atom. The number of nitrogens with zero attached hydrogens (tertiary/aromatic N) is 2. The molecule has 0 saturated heterocycles. The van der Waals surface area contributed by atoms with Gasteiger partial charge in [-0.15, -0.1) is 0 Å². The van der Waals surface area contributed by atoms with Gasteiger partial charge in [-0.3, -0.25) is 4.79 Å². The van der Waals surface area contributed by atoms with Gasteiger partial charge in [0.2, 0.25) is 5.91 Å². The molecule has 0 aliphatic rings. The van der Waals surface area contributed by atoms with Crippen LogP contribution in [-0.4, -0.2) is 35.4 Å². The number of nitrogens with one attached hydrogen (secondary N) is 1. The van der Waals surface area contributed by atoms with Gasteiger partial charge in [-0.1, -0.05) is 12.1 Å². The molecule has 7 nitrogen and oxygen atoms in total. The minimum Gasteiger partial charge on any atom is -0.497 e. The number of benzene rings is 3. The topological polar surface area (TPSA) is 82.4 Å². The van der Waals surface area contributed by atoms with Crippen molar-refractivity contribution in [3.8, 4) is 34.0 Å². The van der Waals surface area contributed by atoms with E-state index in [1.54, 1.807) is 49.0 Å². The molecule has 8 heteroatoms. The Morgan fingerprint density at radius 3 is 2.40 bits per heavy atom. The average Bonchev–Trinajstić information content (AvgIpc) is 3.30. The summed E-state index contributed by atoms with van der Waals surface area (Å²) in [5, 5.41) is 7.38. The third-order valence-electron chi connectivity index (χ3n) is 5.27. The van der Waals surface area contributed by atoms with E-state index in [9.17, 15) is 14.0 Å². The molecule has 1 N–H and O–H groups in total. The van der Waals surface area contributed by atoms with Crippen LogP contribution in [0.2, 0.25) is 0 Å². The normalized spacial score (nSPS) is 10.6. The van der Waals surface area contributed by atoms with Gasteiger partial charge in [0.25, 0.3) is 0 Å². The van der Waals surface area contributed by atoms with Crippen LogP contribution in [0.1, 0.15) is 24.2 Å². The monoisotopic (exact) mass is 473 g/mol. The van der Waals surface area contributed by atoms with Crippen LogP contribution in [0.4, 0.5) is 10.1 Å². The lowest BCUT2D eigenvalue weighted by Crippen LogP contribution is -2.13. The number of hydrogen-bond donors (Lipinski definition) is 1. The van der Waals surface area contributed by atoms with E-state index >= 15 is 0 Å². The highest BCUT2D eigenvalue weighted by Crippen LogP contribution is 2.32. The Hall–Kier alpha value is -4.46. The van der Waals surface area contributed by atoms with Crippen molar-refractivity contribution in [1.82, 2.24) is 9.78 Å². The second kappa shape index (κ2) is 10.2. The van der Waals surface area contributed by atoms with E-state index in [1.165, 1.54) is 19.1 Å². The van der Waals surface area contributed by atoms with Crippen LogP contribution in [0.25, 0.3) is 28.2 Å². The summed E-state index contributed by atoms with van der Waals surface area (Å²) >= 11 is 0. The van der Waals surface area contributed by atoms with Crippen LogP contribution in [-0.2, 0) is 9.53 Å². The van der Waals surface area contributed by atoms with Gasteiger partial charge >= 0.3 is 5.97 Å². The zero-order valence-corrected chi connectivity index (χ0v) is 19.5. The lowest BCUT2D eigenvalue weighted by atomic mass is 10.0. The molecule has 178 valence electrons. The SMILES string of the molecule is CCOC(=O)c1cc(-c2cc(-c3ccc(OC)cc3)n(-c3cccc(F)c3)n2)ccc1NC(C)=O. The molecule has 0 radical (unpaired) electrons. The van der Waals surface area contributed by atoms with Crippen molar-refractivity contribution < 1.29 is 23.5 Å². The van der Waals surface area contributed by atoms with Crippen molar-refractivity contribution in [2.45, 2.75) is 13.8 Å². The minimum absolute atomic E-state index is 0.193. The number of ether oxygens (including phenoxy) is 2. The summed E-state index contributed by atoms with van der Waals surface area (Å²) in [6.07, 6.45) is 0. The molecular formula is C27H24FN3O4. The molecule has 0 atom stereocenters. The zero-order chi connectivity index (χ0) is 24.9. The maximum Gasteiger partial charge on any atom is 0.340 e. The molecule has 0 unspecified atom stereocenters. The van der Waals surface area contributed by atoms with E-state index in [0.717, 1.165) is 11.3 Å². The molecule has 1 aromatic heterocycles. The first-order valence-corrected chi connectivity index (χ1v) is 11.0. The summed E-state index contributed by atoms with van der Waals surface area (Å²) in [6, 6.07) is 20.5. The fourth-order valence-electron chi connectivity index (χ4n) is 3.67. The molecule has 0 aliphatic carbocycles. The fraction of sp³-hybridized carbons (Fsp3) is 0.148. The minimum atomic E-state index is -0.557. The molecule has 4 aromatic rings. The van der Waals surface area contributed by atoms with Crippen LogP contribution in [0.3, 0.4) is 0 Å². The van der Waals surface area contributed by atoms with Crippen molar-refractivity contribution in [3.63, 3.8) is 0 Å². The number of halogens is 1. The molecule has 0 saturated carbocycles. The molecule has 35 heavy (non-hydrogen) atoms. The van der Waals surface area contributed by atoms with Crippen LogP contribution < -0.4 is 10.1 Å². The van der Waals surface area contributed by atoms with Gasteiger partial charge in [0, 0.05) is 18.1 Å². The number of amides is 1. The summed E-state index contributed by atoms with van der Waals surface area (Å²) in [7, 11) is 1.59. The predicted octanol–water partition coefficient (Wildman–Crippen LogP) is 5.49. The number of hydrogen-bond acceptors (Lipinski definition) is 5. The molecule has 4 rings (SSSR count). The standard InChI is InChI=1S/C27H24FN3O4/c1-4-35-27(33)23-14-19(10-13-24(23)29-17(2)32)25-16-26(18-8-11-22(34-3)12-9-18)31(30-25)21-7-5-6-20(28)15-21/h5-16H,4H2,1-3H3,(H,29,32). The number of anilines is 1. The van der Waals surface area contributed by atoms with Gasteiger partial charge in [-0.25, -0.2) is 13.9 Å².